The third-order valence-electron chi connectivity index (χ3n) is 6.16. The standard InChI is InChI=1S/C23H34N2O3/c1-4-5-14-28-23(26)24-20-10-11-21(22(15-20)27-3)17(2)25-13-12-18-8-6-7-9-19(18)16-25/h10-11,15,18-19H,2,4-9,12-14,16H2,1,3H3,(H,24,26). The van der Waals surface area contributed by atoms with Crippen LogP contribution in [-0.2, 0) is 4.74 Å². The minimum atomic E-state index is -0.429. The van der Waals surface area contributed by atoms with Crippen LogP contribution in [0.3, 0.4) is 0 Å². The maximum absolute atomic E-state index is 11.9. The van der Waals surface area contributed by atoms with E-state index in [1.54, 1.807) is 7.11 Å². The molecule has 2 unspecified atom stereocenters. The first-order chi connectivity index (χ1) is 13.6. The maximum atomic E-state index is 11.9. The number of nitrogens with one attached hydrogen (secondary N) is 1. The zero-order valence-electron chi connectivity index (χ0n) is 17.3. The highest BCUT2D eigenvalue weighted by Gasteiger charge is 2.32. The van der Waals surface area contributed by atoms with Gasteiger partial charge in [-0.3, -0.25) is 5.32 Å². The van der Waals surface area contributed by atoms with Gasteiger partial charge < -0.3 is 14.4 Å². The topological polar surface area (TPSA) is 50.8 Å². The molecular formula is C23H34N2O3. The predicted molar refractivity (Wildman–Crippen MR) is 114 cm³/mol. The van der Waals surface area contributed by atoms with Gasteiger partial charge in [0.05, 0.1) is 13.7 Å². The molecule has 0 aromatic heterocycles. The van der Waals surface area contributed by atoms with Gasteiger partial charge in [-0.25, -0.2) is 4.79 Å². The molecule has 1 heterocycles. The Hall–Kier alpha value is -2.17. The number of carbonyl (C=O) groups is 1. The number of hydrogen-bond donors (Lipinski definition) is 1. The average molecular weight is 387 g/mol. The lowest BCUT2D eigenvalue weighted by Crippen LogP contribution is -2.40. The number of anilines is 1. The summed E-state index contributed by atoms with van der Waals surface area (Å²) in [6, 6.07) is 5.71. The number of nitrogens with zero attached hydrogens (tertiary/aromatic N) is 1. The Morgan fingerprint density at radius 3 is 2.79 bits per heavy atom. The van der Waals surface area contributed by atoms with Gasteiger partial charge in [0.2, 0.25) is 0 Å². The second kappa shape index (κ2) is 9.85. The van der Waals surface area contributed by atoms with E-state index >= 15 is 0 Å². The van der Waals surface area contributed by atoms with E-state index in [-0.39, 0.29) is 0 Å². The minimum absolute atomic E-state index is 0.429. The molecule has 28 heavy (non-hydrogen) atoms. The Labute approximate surface area is 169 Å². The van der Waals surface area contributed by atoms with Gasteiger partial charge in [-0.15, -0.1) is 0 Å². The van der Waals surface area contributed by atoms with Gasteiger partial charge in [0.1, 0.15) is 5.75 Å². The lowest BCUT2D eigenvalue weighted by molar-refractivity contribution is 0.124. The first-order valence-electron chi connectivity index (χ1n) is 10.7. The van der Waals surface area contributed by atoms with Crippen molar-refractivity contribution in [3.05, 3.63) is 30.3 Å². The number of fused-ring (bicyclic) bond motifs is 1. The van der Waals surface area contributed by atoms with Gasteiger partial charge >= 0.3 is 6.09 Å². The average Bonchev–Trinajstić information content (AvgIpc) is 2.73. The highest BCUT2D eigenvalue weighted by molar-refractivity contribution is 5.85. The molecule has 1 aromatic carbocycles. The van der Waals surface area contributed by atoms with Crippen molar-refractivity contribution in [3.8, 4) is 5.75 Å². The third kappa shape index (κ3) is 5.00. The van der Waals surface area contributed by atoms with Crippen LogP contribution in [0, 0.1) is 11.8 Å². The number of benzene rings is 1. The number of methoxy groups -OCH3 is 1. The van der Waals surface area contributed by atoms with Crippen molar-refractivity contribution < 1.29 is 14.3 Å². The zero-order chi connectivity index (χ0) is 19.9. The van der Waals surface area contributed by atoms with E-state index in [1.807, 2.05) is 18.2 Å². The van der Waals surface area contributed by atoms with Gasteiger partial charge in [0.15, 0.2) is 0 Å². The quantitative estimate of drug-likeness (QED) is 0.626. The minimum Gasteiger partial charge on any atom is -0.496 e. The molecule has 1 amide bonds. The predicted octanol–water partition coefficient (Wildman–Crippen LogP) is 5.53. The monoisotopic (exact) mass is 386 g/mol. The molecular weight excluding hydrogens is 352 g/mol. The van der Waals surface area contributed by atoms with Crippen LogP contribution >= 0.6 is 0 Å². The number of ether oxygens (including phenoxy) is 2. The highest BCUT2D eigenvalue weighted by atomic mass is 16.5. The van der Waals surface area contributed by atoms with Crippen LogP contribution in [-0.4, -0.2) is 37.8 Å². The van der Waals surface area contributed by atoms with E-state index in [2.05, 4.69) is 23.7 Å². The lowest BCUT2D eigenvalue weighted by atomic mass is 9.75. The largest absolute Gasteiger partial charge is 0.496 e. The Kier molecular flexibility index (Phi) is 7.24. The molecule has 1 saturated carbocycles. The van der Waals surface area contributed by atoms with Crippen LogP contribution in [0.1, 0.15) is 57.4 Å². The van der Waals surface area contributed by atoms with Crippen molar-refractivity contribution in [2.45, 2.75) is 51.9 Å². The summed E-state index contributed by atoms with van der Waals surface area (Å²) in [4.78, 5) is 14.3. The number of piperidine rings is 1. The zero-order valence-corrected chi connectivity index (χ0v) is 17.3. The third-order valence-corrected chi connectivity index (χ3v) is 6.16. The molecule has 1 aromatic rings. The number of unbranched alkanes of at least 4 members (excludes halogenated alkanes) is 1. The van der Waals surface area contributed by atoms with E-state index in [0.717, 1.165) is 54.8 Å². The Morgan fingerprint density at radius 2 is 2.04 bits per heavy atom. The molecule has 5 heteroatoms. The van der Waals surface area contributed by atoms with Crippen LogP contribution in [0.25, 0.3) is 5.70 Å². The van der Waals surface area contributed by atoms with Crippen LogP contribution in [0.4, 0.5) is 10.5 Å². The van der Waals surface area contributed by atoms with Crippen molar-refractivity contribution in [2.75, 3.05) is 32.1 Å². The van der Waals surface area contributed by atoms with Gasteiger partial charge in [0.25, 0.3) is 0 Å². The molecule has 2 atom stereocenters. The molecule has 2 aliphatic rings. The molecule has 1 aliphatic heterocycles. The molecule has 2 fully saturated rings. The van der Waals surface area contributed by atoms with Gasteiger partial charge in [-0.1, -0.05) is 39.2 Å². The number of hydrogen-bond acceptors (Lipinski definition) is 4. The summed E-state index contributed by atoms with van der Waals surface area (Å²) in [5.41, 5.74) is 2.67. The molecule has 5 nitrogen and oxygen atoms in total. The highest BCUT2D eigenvalue weighted by Crippen LogP contribution is 2.39. The molecule has 0 radical (unpaired) electrons. The van der Waals surface area contributed by atoms with Gasteiger partial charge in [-0.05, 0) is 43.2 Å². The van der Waals surface area contributed by atoms with Crippen molar-refractivity contribution in [1.29, 1.82) is 0 Å². The molecule has 1 aliphatic carbocycles. The second-order valence-corrected chi connectivity index (χ2v) is 8.02. The molecule has 0 bridgehead atoms. The van der Waals surface area contributed by atoms with E-state index in [4.69, 9.17) is 9.47 Å². The van der Waals surface area contributed by atoms with Gasteiger partial charge in [-0.2, -0.15) is 0 Å². The van der Waals surface area contributed by atoms with Crippen LogP contribution in [0.2, 0.25) is 0 Å². The molecule has 1 saturated heterocycles. The van der Waals surface area contributed by atoms with E-state index in [9.17, 15) is 4.79 Å². The fourth-order valence-electron chi connectivity index (χ4n) is 4.49. The molecule has 3 rings (SSSR count). The summed E-state index contributed by atoms with van der Waals surface area (Å²) < 4.78 is 10.8. The van der Waals surface area contributed by atoms with Crippen molar-refractivity contribution in [3.63, 3.8) is 0 Å². The molecule has 1 N–H and O–H groups in total. The SMILES string of the molecule is C=C(c1ccc(NC(=O)OCCCC)cc1OC)N1CCC2CCCCC2C1. The molecule has 0 spiro atoms. The van der Waals surface area contributed by atoms with Gasteiger partial charge in [0, 0.05) is 36.1 Å². The van der Waals surface area contributed by atoms with Crippen molar-refractivity contribution in [2.24, 2.45) is 11.8 Å². The summed E-state index contributed by atoms with van der Waals surface area (Å²) in [5.74, 6) is 2.41. The van der Waals surface area contributed by atoms with E-state index < -0.39 is 6.09 Å². The van der Waals surface area contributed by atoms with E-state index in [1.165, 1.54) is 32.1 Å². The van der Waals surface area contributed by atoms with E-state index in [0.29, 0.717) is 12.3 Å². The first kappa shape index (κ1) is 20.6. The normalized spacial score (nSPS) is 21.6. The van der Waals surface area contributed by atoms with Crippen LogP contribution < -0.4 is 10.1 Å². The Balaban J connectivity index is 1.64. The smallest absolute Gasteiger partial charge is 0.411 e. The number of amides is 1. The summed E-state index contributed by atoms with van der Waals surface area (Å²) in [6.07, 6.45) is 8.18. The Morgan fingerprint density at radius 1 is 1.25 bits per heavy atom. The molecule has 154 valence electrons. The Bertz CT molecular complexity index is 688. The maximum Gasteiger partial charge on any atom is 0.411 e. The summed E-state index contributed by atoms with van der Waals surface area (Å²) in [7, 11) is 1.66. The fraction of sp³-hybridized carbons (Fsp3) is 0.609. The van der Waals surface area contributed by atoms with Crippen LogP contribution in [0.5, 0.6) is 5.75 Å². The summed E-state index contributed by atoms with van der Waals surface area (Å²) >= 11 is 0. The first-order valence-corrected chi connectivity index (χ1v) is 10.7. The second-order valence-electron chi connectivity index (χ2n) is 8.02. The summed E-state index contributed by atoms with van der Waals surface area (Å²) in [6.45, 7) is 9.03. The number of likely N-dealkylation sites (tertiary alicyclic amines) is 1. The fourth-order valence-corrected chi connectivity index (χ4v) is 4.49. The number of rotatable bonds is 7. The van der Waals surface area contributed by atoms with Crippen molar-refractivity contribution in [1.82, 2.24) is 4.90 Å². The lowest BCUT2D eigenvalue weighted by Gasteiger charge is -2.43. The summed E-state index contributed by atoms with van der Waals surface area (Å²) in [5, 5.41) is 2.77. The van der Waals surface area contributed by atoms with Crippen LogP contribution in [0.15, 0.2) is 24.8 Å². The van der Waals surface area contributed by atoms with Crippen molar-refractivity contribution >= 4 is 17.5 Å². The number of carbonyl (C=O) groups excluding carboxylic acids is 1.